The minimum Gasteiger partial charge on any atom is -0.491 e. The summed E-state index contributed by atoms with van der Waals surface area (Å²) in [6.07, 6.45) is -0.524. The molecule has 3 heteroatoms. The van der Waals surface area contributed by atoms with Crippen LogP contribution in [0.25, 0.3) is 10.8 Å². The molecule has 2 aromatic rings. The highest BCUT2D eigenvalue weighted by atomic mass is 16.5. The zero-order valence-corrected chi connectivity index (χ0v) is 12.3. The van der Waals surface area contributed by atoms with E-state index in [1.807, 2.05) is 37.3 Å². The molecule has 108 valence electrons. The summed E-state index contributed by atoms with van der Waals surface area (Å²) in [5.74, 6) is 0.791. The van der Waals surface area contributed by atoms with Gasteiger partial charge in [0.05, 0.1) is 0 Å². The van der Waals surface area contributed by atoms with Crippen LogP contribution in [0, 0.1) is 0 Å². The van der Waals surface area contributed by atoms with Crippen molar-refractivity contribution < 1.29 is 9.84 Å². The van der Waals surface area contributed by atoms with Gasteiger partial charge in [0, 0.05) is 12.1 Å². The van der Waals surface area contributed by atoms with E-state index in [0.717, 1.165) is 11.1 Å². The second kappa shape index (κ2) is 6.73. The summed E-state index contributed by atoms with van der Waals surface area (Å²) in [5.41, 5.74) is 0. The lowest BCUT2D eigenvalue weighted by molar-refractivity contribution is 0.0760. The summed E-state index contributed by atoms with van der Waals surface area (Å²) >= 11 is 0. The van der Waals surface area contributed by atoms with Gasteiger partial charge in [-0.05, 0) is 29.8 Å². The molecule has 20 heavy (non-hydrogen) atoms. The quantitative estimate of drug-likeness (QED) is 0.850. The van der Waals surface area contributed by atoms with Gasteiger partial charge in [-0.25, -0.2) is 0 Å². The van der Waals surface area contributed by atoms with Crippen molar-refractivity contribution in [3.8, 4) is 5.75 Å². The molecular formula is C17H23NO2. The standard InChI is InChI=1S/C17H23NO2/c1-12(2)18-13(3)17(19)11-20-16-9-8-14-6-4-5-7-15(14)10-16/h4-10,12-13,17-19H,11H2,1-3H3. The van der Waals surface area contributed by atoms with Crippen molar-refractivity contribution in [3.63, 3.8) is 0 Å². The maximum atomic E-state index is 10.1. The number of ether oxygens (including phenoxy) is 1. The van der Waals surface area contributed by atoms with Crippen LogP contribution in [0.1, 0.15) is 20.8 Å². The number of aliphatic hydroxyl groups is 1. The lowest BCUT2D eigenvalue weighted by atomic mass is 10.1. The van der Waals surface area contributed by atoms with Crippen molar-refractivity contribution in [2.75, 3.05) is 6.61 Å². The number of rotatable bonds is 6. The fourth-order valence-corrected chi connectivity index (χ4v) is 2.22. The third-order valence-electron chi connectivity index (χ3n) is 3.32. The van der Waals surface area contributed by atoms with Crippen molar-refractivity contribution >= 4 is 10.8 Å². The second-order valence-electron chi connectivity index (χ2n) is 5.50. The van der Waals surface area contributed by atoms with Gasteiger partial charge in [0.15, 0.2) is 0 Å². The fraction of sp³-hybridized carbons (Fsp3) is 0.412. The largest absolute Gasteiger partial charge is 0.491 e. The van der Waals surface area contributed by atoms with Crippen LogP contribution in [0.15, 0.2) is 42.5 Å². The Morgan fingerprint density at radius 2 is 1.75 bits per heavy atom. The van der Waals surface area contributed by atoms with E-state index in [1.54, 1.807) is 0 Å². The van der Waals surface area contributed by atoms with Crippen LogP contribution >= 0.6 is 0 Å². The Morgan fingerprint density at radius 1 is 1.05 bits per heavy atom. The zero-order valence-electron chi connectivity index (χ0n) is 12.3. The topological polar surface area (TPSA) is 41.5 Å². The first-order chi connectivity index (χ1) is 9.56. The molecular weight excluding hydrogens is 250 g/mol. The van der Waals surface area contributed by atoms with E-state index in [1.165, 1.54) is 5.39 Å². The zero-order chi connectivity index (χ0) is 14.5. The molecule has 0 radical (unpaired) electrons. The molecule has 0 aliphatic heterocycles. The lowest BCUT2D eigenvalue weighted by Crippen LogP contribution is -2.43. The predicted molar refractivity (Wildman–Crippen MR) is 83.2 cm³/mol. The molecule has 0 amide bonds. The lowest BCUT2D eigenvalue weighted by Gasteiger charge is -2.22. The Labute approximate surface area is 120 Å². The second-order valence-corrected chi connectivity index (χ2v) is 5.50. The van der Waals surface area contributed by atoms with Crippen molar-refractivity contribution in [2.24, 2.45) is 0 Å². The molecule has 0 fully saturated rings. The fourth-order valence-electron chi connectivity index (χ4n) is 2.22. The van der Waals surface area contributed by atoms with Gasteiger partial charge >= 0.3 is 0 Å². The van der Waals surface area contributed by atoms with Crippen LogP contribution < -0.4 is 10.1 Å². The Bertz CT molecular complexity index is 553. The summed E-state index contributed by atoms with van der Waals surface area (Å²) in [4.78, 5) is 0. The van der Waals surface area contributed by atoms with Crippen molar-refractivity contribution in [1.29, 1.82) is 0 Å². The van der Waals surface area contributed by atoms with Crippen LogP contribution in [0.2, 0.25) is 0 Å². The molecule has 2 aromatic carbocycles. The molecule has 0 saturated carbocycles. The Kier molecular flexibility index (Phi) is 4.99. The first-order valence-electron chi connectivity index (χ1n) is 7.12. The number of aliphatic hydroxyl groups excluding tert-OH is 1. The number of fused-ring (bicyclic) bond motifs is 1. The van der Waals surface area contributed by atoms with E-state index in [4.69, 9.17) is 4.74 Å². The number of hydrogen-bond acceptors (Lipinski definition) is 3. The van der Waals surface area contributed by atoms with E-state index in [9.17, 15) is 5.11 Å². The van der Waals surface area contributed by atoms with Crippen LogP contribution in [0.3, 0.4) is 0 Å². The molecule has 2 atom stereocenters. The average molecular weight is 273 g/mol. The van der Waals surface area contributed by atoms with E-state index < -0.39 is 6.10 Å². The molecule has 0 aliphatic rings. The molecule has 3 nitrogen and oxygen atoms in total. The molecule has 0 saturated heterocycles. The molecule has 0 aliphatic carbocycles. The van der Waals surface area contributed by atoms with E-state index in [-0.39, 0.29) is 6.04 Å². The smallest absolute Gasteiger partial charge is 0.120 e. The third kappa shape index (κ3) is 3.95. The van der Waals surface area contributed by atoms with Gasteiger partial charge in [0.25, 0.3) is 0 Å². The third-order valence-corrected chi connectivity index (χ3v) is 3.32. The van der Waals surface area contributed by atoms with E-state index in [0.29, 0.717) is 12.6 Å². The van der Waals surface area contributed by atoms with Gasteiger partial charge in [0.2, 0.25) is 0 Å². The van der Waals surface area contributed by atoms with Crippen LogP contribution in [0.5, 0.6) is 5.75 Å². The normalized spacial score (nSPS) is 14.4. The highest BCUT2D eigenvalue weighted by molar-refractivity contribution is 5.83. The highest BCUT2D eigenvalue weighted by Gasteiger charge is 2.15. The van der Waals surface area contributed by atoms with Crippen molar-refractivity contribution in [1.82, 2.24) is 5.32 Å². The molecule has 2 rings (SSSR count). The number of nitrogens with one attached hydrogen (secondary N) is 1. The number of benzene rings is 2. The Balaban J connectivity index is 1.95. The molecule has 2 N–H and O–H groups in total. The Hall–Kier alpha value is -1.58. The van der Waals surface area contributed by atoms with Crippen molar-refractivity contribution in [2.45, 2.75) is 39.0 Å². The first-order valence-corrected chi connectivity index (χ1v) is 7.12. The van der Waals surface area contributed by atoms with E-state index in [2.05, 4.69) is 31.3 Å². The summed E-state index contributed by atoms with van der Waals surface area (Å²) in [7, 11) is 0. The Morgan fingerprint density at radius 3 is 2.45 bits per heavy atom. The van der Waals surface area contributed by atoms with E-state index >= 15 is 0 Å². The van der Waals surface area contributed by atoms with Gasteiger partial charge < -0.3 is 15.2 Å². The van der Waals surface area contributed by atoms with Gasteiger partial charge in [0.1, 0.15) is 18.5 Å². The minimum absolute atomic E-state index is 0.00968. The van der Waals surface area contributed by atoms with Crippen LogP contribution in [-0.4, -0.2) is 29.9 Å². The maximum absolute atomic E-state index is 10.1. The van der Waals surface area contributed by atoms with Gasteiger partial charge in [-0.2, -0.15) is 0 Å². The monoisotopic (exact) mass is 273 g/mol. The molecule has 0 bridgehead atoms. The maximum Gasteiger partial charge on any atom is 0.120 e. The van der Waals surface area contributed by atoms with Gasteiger partial charge in [-0.3, -0.25) is 0 Å². The molecule has 2 unspecified atom stereocenters. The summed E-state index contributed by atoms with van der Waals surface area (Å²) in [6, 6.07) is 14.5. The SMILES string of the molecule is CC(C)NC(C)C(O)COc1ccc2ccccc2c1. The number of hydrogen-bond donors (Lipinski definition) is 2. The predicted octanol–water partition coefficient (Wildman–Crippen LogP) is 2.97. The van der Waals surface area contributed by atoms with Gasteiger partial charge in [-0.1, -0.05) is 44.2 Å². The first kappa shape index (κ1) is 14.8. The molecule has 0 aromatic heterocycles. The highest BCUT2D eigenvalue weighted by Crippen LogP contribution is 2.20. The molecule has 0 heterocycles. The van der Waals surface area contributed by atoms with Crippen molar-refractivity contribution in [3.05, 3.63) is 42.5 Å². The summed E-state index contributed by atoms with van der Waals surface area (Å²) in [6.45, 7) is 6.38. The van der Waals surface area contributed by atoms with Crippen LogP contribution in [-0.2, 0) is 0 Å². The molecule has 0 spiro atoms. The van der Waals surface area contributed by atoms with Gasteiger partial charge in [-0.15, -0.1) is 0 Å². The minimum atomic E-state index is -0.524. The summed E-state index contributed by atoms with van der Waals surface area (Å²) < 4.78 is 5.69. The summed E-state index contributed by atoms with van der Waals surface area (Å²) in [5, 5.41) is 15.7. The average Bonchev–Trinajstić information content (AvgIpc) is 2.43. The van der Waals surface area contributed by atoms with Crippen LogP contribution in [0.4, 0.5) is 0 Å².